The van der Waals surface area contributed by atoms with Gasteiger partial charge in [-0.15, -0.1) is 0 Å². The number of halogens is 1. The molecular formula is C25H18ClN3O9S. The predicted octanol–water partition coefficient (Wildman–Crippen LogP) is 4.08. The van der Waals surface area contributed by atoms with Crippen molar-refractivity contribution in [2.24, 2.45) is 0 Å². The lowest BCUT2D eigenvalue weighted by Gasteiger charge is -2.26. The SMILES string of the molecule is CCOc1cc(/C=C2\C(=O)NC(=O)N(c3ccc([N+](=O)[O-])cc3)C2=O)cc(Cl)c1OS(=O)(=O)c1ccccc1. The fourth-order valence-electron chi connectivity index (χ4n) is 3.54. The zero-order valence-electron chi connectivity index (χ0n) is 20.0. The van der Waals surface area contributed by atoms with Crippen LogP contribution in [0.1, 0.15) is 12.5 Å². The molecule has 0 atom stereocenters. The van der Waals surface area contributed by atoms with Crippen molar-refractivity contribution in [2.75, 3.05) is 11.5 Å². The molecule has 0 spiro atoms. The molecule has 1 fully saturated rings. The summed E-state index contributed by atoms with van der Waals surface area (Å²) in [6.07, 6.45) is 1.13. The van der Waals surface area contributed by atoms with Crippen LogP contribution in [-0.4, -0.2) is 37.8 Å². The van der Waals surface area contributed by atoms with Crippen molar-refractivity contribution in [3.63, 3.8) is 0 Å². The summed E-state index contributed by atoms with van der Waals surface area (Å²) >= 11 is 6.34. The molecule has 1 aliphatic heterocycles. The molecular weight excluding hydrogens is 554 g/mol. The largest absolute Gasteiger partial charge is 0.490 e. The zero-order valence-corrected chi connectivity index (χ0v) is 21.6. The number of rotatable bonds is 8. The van der Waals surface area contributed by atoms with Gasteiger partial charge >= 0.3 is 16.1 Å². The van der Waals surface area contributed by atoms with Crippen LogP contribution in [0.25, 0.3) is 6.08 Å². The van der Waals surface area contributed by atoms with Crippen LogP contribution in [0.15, 0.2) is 77.2 Å². The molecule has 14 heteroatoms. The summed E-state index contributed by atoms with van der Waals surface area (Å²) in [7, 11) is -4.27. The van der Waals surface area contributed by atoms with E-state index in [1.165, 1.54) is 48.5 Å². The Morgan fingerprint density at radius 3 is 2.33 bits per heavy atom. The monoisotopic (exact) mass is 571 g/mol. The number of hydrogen-bond donors (Lipinski definition) is 1. The molecule has 1 aliphatic rings. The third-order valence-corrected chi connectivity index (χ3v) is 6.80. The Hall–Kier alpha value is -4.75. The van der Waals surface area contributed by atoms with Gasteiger partial charge in [-0.25, -0.2) is 9.69 Å². The maximum atomic E-state index is 13.2. The molecule has 3 aromatic rings. The third kappa shape index (κ3) is 5.73. The van der Waals surface area contributed by atoms with Crippen molar-refractivity contribution >= 4 is 57.0 Å². The van der Waals surface area contributed by atoms with Gasteiger partial charge in [0.25, 0.3) is 17.5 Å². The van der Waals surface area contributed by atoms with E-state index in [2.05, 4.69) is 0 Å². The van der Waals surface area contributed by atoms with E-state index < -0.39 is 38.5 Å². The minimum atomic E-state index is -4.27. The number of imide groups is 2. The second-order valence-electron chi connectivity index (χ2n) is 7.84. The quantitative estimate of drug-likeness (QED) is 0.138. The number of urea groups is 1. The van der Waals surface area contributed by atoms with Crippen molar-refractivity contribution in [3.05, 3.63) is 93.0 Å². The number of nitro groups is 1. The van der Waals surface area contributed by atoms with Crippen LogP contribution in [-0.2, 0) is 19.7 Å². The van der Waals surface area contributed by atoms with Crippen molar-refractivity contribution in [1.82, 2.24) is 5.32 Å². The van der Waals surface area contributed by atoms with E-state index in [0.717, 1.165) is 18.2 Å². The Morgan fingerprint density at radius 2 is 1.72 bits per heavy atom. The minimum absolute atomic E-state index is 0.00981. The Bertz CT molecular complexity index is 1620. The van der Waals surface area contributed by atoms with Crippen LogP contribution in [0.4, 0.5) is 16.2 Å². The molecule has 4 rings (SSSR count). The molecule has 0 unspecified atom stereocenters. The molecule has 0 aliphatic carbocycles. The Morgan fingerprint density at radius 1 is 1.05 bits per heavy atom. The molecule has 0 aromatic heterocycles. The molecule has 0 saturated carbocycles. The number of hydrogen-bond acceptors (Lipinski definition) is 9. The highest BCUT2D eigenvalue weighted by Crippen LogP contribution is 2.39. The Kier molecular flexibility index (Phi) is 7.65. The van der Waals surface area contributed by atoms with E-state index in [4.69, 9.17) is 20.5 Å². The first-order chi connectivity index (χ1) is 18.5. The van der Waals surface area contributed by atoms with Gasteiger partial charge in [-0.05, 0) is 55.0 Å². The van der Waals surface area contributed by atoms with E-state index in [1.807, 2.05) is 5.32 Å². The lowest BCUT2D eigenvalue weighted by atomic mass is 10.1. The van der Waals surface area contributed by atoms with E-state index in [0.29, 0.717) is 4.90 Å². The summed E-state index contributed by atoms with van der Waals surface area (Å²) in [4.78, 5) is 48.9. The van der Waals surface area contributed by atoms with E-state index in [1.54, 1.807) is 13.0 Å². The van der Waals surface area contributed by atoms with Gasteiger partial charge in [0, 0.05) is 12.1 Å². The number of nitrogens with one attached hydrogen (secondary N) is 1. The highest BCUT2D eigenvalue weighted by molar-refractivity contribution is 7.87. The Balaban J connectivity index is 1.71. The van der Waals surface area contributed by atoms with E-state index in [9.17, 15) is 32.9 Å². The summed E-state index contributed by atoms with van der Waals surface area (Å²) in [6.45, 7) is 1.74. The highest BCUT2D eigenvalue weighted by atomic mass is 35.5. The third-order valence-electron chi connectivity index (χ3n) is 5.29. The molecule has 200 valence electrons. The number of carbonyl (C=O) groups is 3. The smallest absolute Gasteiger partial charge is 0.339 e. The van der Waals surface area contributed by atoms with Crippen LogP contribution in [0.3, 0.4) is 0 Å². The normalized spacial score (nSPS) is 14.8. The number of barbiturate groups is 1. The number of anilines is 1. The average Bonchev–Trinajstić information content (AvgIpc) is 2.89. The summed E-state index contributed by atoms with van der Waals surface area (Å²) in [5.41, 5.74) is -0.573. The van der Waals surface area contributed by atoms with Crippen LogP contribution in [0, 0.1) is 10.1 Å². The molecule has 12 nitrogen and oxygen atoms in total. The van der Waals surface area contributed by atoms with Gasteiger partial charge in [0.1, 0.15) is 10.5 Å². The van der Waals surface area contributed by atoms with Gasteiger partial charge in [-0.1, -0.05) is 29.8 Å². The van der Waals surface area contributed by atoms with Crippen LogP contribution in [0.5, 0.6) is 11.5 Å². The molecule has 39 heavy (non-hydrogen) atoms. The number of ether oxygens (including phenoxy) is 1. The van der Waals surface area contributed by atoms with Crippen LogP contribution >= 0.6 is 11.6 Å². The number of nitro benzene ring substituents is 1. The van der Waals surface area contributed by atoms with Gasteiger partial charge in [0.05, 0.1) is 22.2 Å². The van der Waals surface area contributed by atoms with Crippen molar-refractivity contribution < 1.29 is 36.6 Å². The fourth-order valence-corrected chi connectivity index (χ4v) is 4.82. The van der Waals surface area contributed by atoms with Gasteiger partial charge in [0.15, 0.2) is 5.75 Å². The number of nitrogens with zero attached hydrogens (tertiary/aromatic N) is 2. The van der Waals surface area contributed by atoms with Crippen molar-refractivity contribution in [3.8, 4) is 11.5 Å². The van der Waals surface area contributed by atoms with E-state index in [-0.39, 0.29) is 45.0 Å². The maximum Gasteiger partial charge on any atom is 0.339 e. The summed E-state index contributed by atoms with van der Waals surface area (Å²) in [5.74, 6) is -2.38. The maximum absolute atomic E-state index is 13.2. The van der Waals surface area contributed by atoms with Crippen LogP contribution in [0.2, 0.25) is 5.02 Å². The molecule has 1 saturated heterocycles. The summed E-state index contributed by atoms with van der Waals surface area (Å²) in [6, 6.07) is 13.5. The lowest BCUT2D eigenvalue weighted by Crippen LogP contribution is -2.54. The average molecular weight is 572 g/mol. The second kappa shape index (κ2) is 10.9. The molecule has 0 radical (unpaired) electrons. The first-order valence-electron chi connectivity index (χ1n) is 11.1. The molecule has 4 amide bonds. The molecule has 3 aromatic carbocycles. The minimum Gasteiger partial charge on any atom is -0.490 e. The first-order valence-corrected chi connectivity index (χ1v) is 12.9. The number of benzene rings is 3. The fraction of sp³-hybridized carbons (Fsp3) is 0.0800. The standard InChI is InChI=1S/C25H18ClN3O9S/c1-2-37-21-14-15(13-20(26)22(21)38-39(35,36)18-6-4-3-5-7-18)12-19-23(30)27-25(32)28(24(19)31)16-8-10-17(11-9-16)29(33)34/h3-14H,2H2,1H3,(H,27,30,32)/b19-12+. The summed E-state index contributed by atoms with van der Waals surface area (Å²) < 4.78 is 36.2. The zero-order chi connectivity index (χ0) is 28.3. The Labute approximate surface area is 226 Å². The number of amides is 4. The molecule has 0 bridgehead atoms. The predicted molar refractivity (Wildman–Crippen MR) is 139 cm³/mol. The lowest BCUT2D eigenvalue weighted by molar-refractivity contribution is -0.384. The first kappa shape index (κ1) is 27.3. The van der Waals surface area contributed by atoms with Gasteiger partial charge in [-0.2, -0.15) is 8.42 Å². The van der Waals surface area contributed by atoms with Gasteiger partial charge < -0.3 is 8.92 Å². The van der Waals surface area contributed by atoms with Crippen molar-refractivity contribution in [1.29, 1.82) is 0 Å². The number of carbonyl (C=O) groups excluding carboxylic acids is 3. The molecule has 1 N–H and O–H groups in total. The summed E-state index contributed by atoms with van der Waals surface area (Å²) in [5, 5.41) is 12.8. The highest BCUT2D eigenvalue weighted by Gasteiger charge is 2.37. The van der Waals surface area contributed by atoms with Gasteiger partial charge in [0.2, 0.25) is 5.75 Å². The van der Waals surface area contributed by atoms with Crippen LogP contribution < -0.4 is 19.1 Å². The second-order valence-corrected chi connectivity index (χ2v) is 9.80. The number of non-ortho nitro benzene ring substituents is 1. The topological polar surface area (TPSA) is 162 Å². The van der Waals surface area contributed by atoms with Gasteiger partial charge in [-0.3, -0.25) is 25.0 Å². The van der Waals surface area contributed by atoms with Crippen molar-refractivity contribution in [2.45, 2.75) is 11.8 Å². The molecule has 1 heterocycles. The van der Waals surface area contributed by atoms with E-state index >= 15 is 0 Å².